The van der Waals surface area contributed by atoms with Crippen LogP contribution in [0.25, 0.3) is 11.2 Å². The maximum atomic E-state index is 13.9. The molecule has 8 heteroatoms. The summed E-state index contributed by atoms with van der Waals surface area (Å²) in [7, 11) is 0. The fourth-order valence-electron chi connectivity index (χ4n) is 2.88. The molecule has 7 nitrogen and oxygen atoms in total. The van der Waals surface area contributed by atoms with Crippen LogP contribution in [0.15, 0.2) is 18.0 Å². The van der Waals surface area contributed by atoms with Gasteiger partial charge in [-0.25, -0.2) is 4.98 Å². The standard InChI is InChI=1S/C16H22FN5O2/c1-10(8-23)7-11(2)19-14-13-15(21-16(17)20-14)22(9-18-13)12-5-3-4-6-24-12/h7,9,11-12,23H,3-6,8H2,1-2H3,(H,19,20,21)/b10-7-. The lowest BCUT2D eigenvalue weighted by Gasteiger charge is -2.23. The van der Waals surface area contributed by atoms with Crippen molar-refractivity contribution in [2.24, 2.45) is 0 Å². The summed E-state index contributed by atoms with van der Waals surface area (Å²) in [6, 6.07) is -0.134. The lowest BCUT2D eigenvalue weighted by atomic mass is 10.2. The van der Waals surface area contributed by atoms with Crippen LogP contribution in [-0.2, 0) is 4.74 Å². The van der Waals surface area contributed by atoms with Crippen LogP contribution >= 0.6 is 0 Å². The molecule has 0 radical (unpaired) electrons. The first-order valence-corrected chi connectivity index (χ1v) is 8.15. The van der Waals surface area contributed by atoms with Gasteiger partial charge in [-0.2, -0.15) is 14.4 Å². The number of hydrogen-bond donors (Lipinski definition) is 2. The molecule has 0 bridgehead atoms. The fraction of sp³-hybridized carbons (Fsp3) is 0.562. The van der Waals surface area contributed by atoms with Crippen LogP contribution in [0.3, 0.4) is 0 Å². The molecule has 3 rings (SSSR count). The third-order valence-corrected chi connectivity index (χ3v) is 4.01. The van der Waals surface area contributed by atoms with Gasteiger partial charge in [0.25, 0.3) is 0 Å². The SMILES string of the molecule is C/C(=C/C(C)Nc1nc(F)nc2c1ncn2C1CCCCO1)CO. The topological polar surface area (TPSA) is 85.1 Å². The van der Waals surface area contributed by atoms with Gasteiger partial charge < -0.3 is 15.2 Å². The van der Waals surface area contributed by atoms with Gasteiger partial charge in [-0.05, 0) is 33.1 Å². The summed E-state index contributed by atoms with van der Waals surface area (Å²) in [4.78, 5) is 12.1. The molecule has 2 atom stereocenters. The molecule has 3 heterocycles. The predicted molar refractivity (Wildman–Crippen MR) is 88.0 cm³/mol. The van der Waals surface area contributed by atoms with Crippen molar-refractivity contribution in [2.45, 2.75) is 45.4 Å². The highest BCUT2D eigenvalue weighted by Gasteiger charge is 2.21. The van der Waals surface area contributed by atoms with Crippen molar-refractivity contribution in [3.63, 3.8) is 0 Å². The number of aliphatic hydroxyl groups excluding tert-OH is 1. The Morgan fingerprint density at radius 2 is 2.38 bits per heavy atom. The lowest BCUT2D eigenvalue weighted by Crippen LogP contribution is -2.18. The van der Waals surface area contributed by atoms with Gasteiger partial charge in [0, 0.05) is 12.6 Å². The molecular weight excluding hydrogens is 313 g/mol. The van der Waals surface area contributed by atoms with Gasteiger partial charge in [-0.1, -0.05) is 11.6 Å². The van der Waals surface area contributed by atoms with Gasteiger partial charge in [-0.15, -0.1) is 0 Å². The Balaban J connectivity index is 1.93. The number of nitrogens with one attached hydrogen (secondary N) is 1. The van der Waals surface area contributed by atoms with E-state index in [1.807, 2.05) is 19.9 Å². The molecule has 1 aliphatic rings. The molecule has 0 aromatic carbocycles. The third kappa shape index (κ3) is 3.54. The van der Waals surface area contributed by atoms with E-state index >= 15 is 0 Å². The molecule has 0 spiro atoms. The molecule has 2 aromatic rings. The maximum absolute atomic E-state index is 13.9. The van der Waals surface area contributed by atoms with Crippen LogP contribution in [0, 0.1) is 6.08 Å². The molecule has 130 valence electrons. The van der Waals surface area contributed by atoms with Gasteiger partial charge >= 0.3 is 6.08 Å². The summed E-state index contributed by atoms with van der Waals surface area (Å²) in [5, 5.41) is 12.2. The predicted octanol–water partition coefficient (Wildman–Crippen LogP) is 2.40. The normalized spacial score (nSPS) is 20.3. The maximum Gasteiger partial charge on any atom is 0.312 e. The van der Waals surface area contributed by atoms with E-state index in [-0.39, 0.29) is 18.9 Å². The minimum Gasteiger partial charge on any atom is -0.392 e. The van der Waals surface area contributed by atoms with Crippen molar-refractivity contribution in [3.05, 3.63) is 24.1 Å². The zero-order valence-corrected chi connectivity index (χ0v) is 13.9. The first kappa shape index (κ1) is 16.8. The molecule has 0 amide bonds. The largest absolute Gasteiger partial charge is 0.392 e. The van der Waals surface area contributed by atoms with Crippen LogP contribution in [0.4, 0.5) is 10.2 Å². The van der Waals surface area contributed by atoms with Crippen molar-refractivity contribution in [3.8, 4) is 0 Å². The monoisotopic (exact) mass is 335 g/mol. The minimum atomic E-state index is -0.808. The fourth-order valence-corrected chi connectivity index (χ4v) is 2.88. The molecule has 2 unspecified atom stereocenters. The van der Waals surface area contributed by atoms with Crippen molar-refractivity contribution in [2.75, 3.05) is 18.5 Å². The van der Waals surface area contributed by atoms with Gasteiger partial charge in [0.1, 0.15) is 6.23 Å². The molecule has 0 saturated carbocycles. The molecule has 0 aliphatic carbocycles. The second-order valence-electron chi connectivity index (χ2n) is 6.09. The van der Waals surface area contributed by atoms with Crippen molar-refractivity contribution in [1.82, 2.24) is 19.5 Å². The molecule has 1 saturated heterocycles. The summed E-state index contributed by atoms with van der Waals surface area (Å²) in [5.74, 6) is 0.335. The van der Waals surface area contributed by atoms with E-state index in [1.54, 1.807) is 10.9 Å². The molecule has 1 fully saturated rings. The molecule has 2 N–H and O–H groups in total. The highest BCUT2D eigenvalue weighted by Crippen LogP contribution is 2.27. The minimum absolute atomic E-state index is 0.0206. The first-order valence-electron chi connectivity index (χ1n) is 8.15. The van der Waals surface area contributed by atoms with E-state index in [9.17, 15) is 4.39 Å². The van der Waals surface area contributed by atoms with E-state index < -0.39 is 6.08 Å². The van der Waals surface area contributed by atoms with E-state index in [0.29, 0.717) is 23.6 Å². The lowest BCUT2D eigenvalue weighted by molar-refractivity contribution is -0.0298. The zero-order valence-electron chi connectivity index (χ0n) is 13.9. The summed E-state index contributed by atoms with van der Waals surface area (Å²) in [6.45, 7) is 4.38. The smallest absolute Gasteiger partial charge is 0.312 e. The van der Waals surface area contributed by atoms with Gasteiger partial charge in [0.15, 0.2) is 17.0 Å². The number of rotatable bonds is 5. The number of halogens is 1. The summed E-state index contributed by atoms with van der Waals surface area (Å²) in [6.07, 6.45) is 5.46. The second kappa shape index (κ2) is 7.23. The molecule has 2 aromatic heterocycles. The average Bonchev–Trinajstić information content (AvgIpc) is 2.99. The number of imidazole rings is 1. The highest BCUT2D eigenvalue weighted by molar-refractivity contribution is 5.83. The Hall–Kier alpha value is -2.06. The molecule has 1 aliphatic heterocycles. The number of anilines is 1. The number of ether oxygens (including phenoxy) is 1. The molecular formula is C16H22FN5O2. The van der Waals surface area contributed by atoms with Crippen LogP contribution < -0.4 is 5.32 Å². The van der Waals surface area contributed by atoms with Gasteiger partial charge in [0.2, 0.25) is 0 Å². The van der Waals surface area contributed by atoms with E-state index in [2.05, 4.69) is 20.3 Å². The van der Waals surface area contributed by atoms with E-state index in [0.717, 1.165) is 24.8 Å². The zero-order chi connectivity index (χ0) is 17.1. The van der Waals surface area contributed by atoms with Gasteiger partial charge in [-0.3, -0.25) is 4.57 Å². The number of fused-ring (bicyclic) bond motifs is 1. The quantitative estimate of drug-likeness (QED) is 0.645. The van der Waals surface area contributed by atoms with E-state index in [1.165, 1.54) is 0 Å². The second-order valence-corrected chi connectivity index (χ2v) is 6.09. The number of nitrogens with zero attached hydrogens (tertiary/aromatic N) is 4. The number of aromatic nitrogens is 4. The Labute approximate surface area is 139 Å². The number of aliphatic hydroxyl groups is 1. The summed E-state index contributed by atoms with van der Waals surface area (Å²) in [5.41, 5.74) is 1.75. The number of hydrogen-bond acceptors (Lipinski definition) is 6. The van der Waals surface area contributed by atoms with Gasteiger partial charge in [0.05, 0.1) is 12.9 Å². The molecule has 24 heavy (non-hydrogen) atoms. The van der Waals surface area contributed by atoms with Crippen LogP contribution in [-0.4, -0.2) is 43.9 Å². The first-order chi connectivity index (χ1) is 11.6. The Kier molecular flexibility index (Phi) is 5.06. The highest BCUT2D eigenvalue weighted by atomic mass is 19.1. The van der Waals surface area contributed by atoms with Crippen molar-refractivity contribution < 1.29 is 14.2 Å². The summed E-state index contributed by atoms with van der Waals surface area (Å²) < 4.78 is 21.4. The van der Waals surface area contributed by atoms with Crippen molar-refractivity contribution in [1.29, 1.82) is 0 Å². The summed E-state index contributed by atoms with van der Waals surface area (Å²) >= 11 is 0. The average molecular weight is 335 g/mol. The Morgan fingerprint density at radius 3 is 3.08 bits per heavy atom. The Morgan fingerprint density at radius 1 is 1.54 bits per heavy atom. The van der Waals surface area contributed by atoms with Crippen LogP contribution in [0.5, 0.6) is 0 Å². The van der Waals surface area contributed by atoms with Crippen LogP contribution in [0.2, 0.25) is 0 Å². The van der Waals surface area contributed by atoms with Crippen LogP contribution in [0.1, 0.15) is 39.3 Å². The van der Waals surface area contributed by atoms with Crippen molar-refractivity contribution >= 4 is 17.0 Å². The van der Waals surface area contributed by atoms with E-state index in [4.69, 9.17) is 9.84 Å². The Bertz CT molecular complexity index is 739. The third-order valence-electron chi connectivity index (χ3n) is 4.01.